The van der Waals surface area contributed by atoms with Crippen LogP contribution in [0.25, 0.3) is 11.1 Å². The molecule has 0 atom stereocenters. The van der Waals surface area contributed by atoms with Crippen LogP contribution >= 0.6 is 11.6 Å². The van der Waals surface area contributed by atoms with Crippen molar-refractivity contribution in [1.82, 2.24) is 4.98 Å². The second-order valence-corrected chi connectivity index (χ2v) is 3.98. The number of hydrogen-bond donors (Lipinski definition) is 0. The fourth-order valence-corrected chi connectivity index (χ4v) is 1.77. The smallest absolute Gasteiger partial charge is 0.214 e. The van der Waals surface area contributed by atoms with Crippen LogP contribution in [0.5, 0.6) is 5.88 Å². The maximum Gasteiger partial charge on any atom is 0.214 e. The first-order valence-electron chi connectivity index (χ1n) is 4.97. The Kier molecular flexibility index (Phi) is 3.11. The number of halogens is 1. The number of rotatable bonds is 2. The Morgan fingerprint density at radius 2 is 1.94 bits per heavy atom. The Balaban J connectivity index is 2.51. The van der Waals surface area contributed by atoms with Crippen molar-refractivity contribution < 1.29 is 4.74 Å². The number of hydrogen-bond acceptors (Lipinski definition) is 2. The van der Waals surface area contributed by atoms with Gasteiger partial charge in [-0.3, -0.25) is 0 Å². The highest BCUT2D eigenvalue weighted by molar-refractivity contribution is 6.29. The SMILES string of the molecule is COc1cc(-c2cccc(C)c2)cc(Cl)n1. The summed E-state index contributed by atoms with van der Waals surface area (Å²) in [6.45, 7) is 2.06. The van der Waals surface area contributed by atoms with E-state index in [-0.39, 0.29) is 0 Å². The molecule has 2 rings (SSSR count). The maximum absolute atomic E-state index is 5.93. The molecule has 0 radical (unpaired) electrons. The average molecular weight is 234 g/mol. The number of pyridine rings is 1. The topological polar surface area (TPSA) is 22.1 Å². The van der Waals surface area contributed by atoms with Crippen molar-refractivity contribution in [2.45, 2.75) is 6.92 Å². The highest BCUT2D eigenvalue weighted by Gasteiger charge is 2.03. The Morgan fingerprint density at radius 1 is 1.12 bits per heavy atom. The summed E-state index contributed by atoms with van der Waals surface area (Å²) in [6, 6.07) is 11.9. The Labute approximate surface area is 99.9 Å². The predicted molar refractivity (Wildman–Crippen MR) is 66.0 cm³/mol. The molecular formula is C13H12ClNO. The molecule has 16 heavy (non-hydrogen) atoms. The molecule has 0 aliphatic carbocycles. The average Bonchev–Trinajstić information content (AvgIpc) is 2.28. The molecule has 0 fully saturated rings. The molecule has 1 heterocycles. The second kappa shape index (κ2) is 4.54. The number of aromatic nitrogens is 1. The molecule has 0 aliphatic heterocycles. The molecule has 1 aromatic heterocycles. The fraction of sp³-hybridized carbons (Fsp3) is 0.154. The van der Waals surface area contributed by atoms with E-state index >= 15 is 0 Å². The van der Waals surface area contributed by atoms with Crippen LogP contribution in [0.15, 0.2) is 36.4 Å². The van der Waals surface area contributed by atoms with Gasteiger partial charge >= 0.3 is 0 Å². The molecule has 0 amide bonds. The summed E-state index contributed by atoms with van der Waals surface area (Å²) in [5, 5.41) is 0.441. The van der Waals surface area contributed by atoms with E-state index in [4.69, 9.17) is 16.3 Å². The monoisotopic (exact) mass is 233 g/mol. The molecule has 3 heteroatoms. The summed E-state index contributed by atoms with van der Waals surface area (Å²) in [4.78, 5) is 4.04. The molecule has 82 valence electrons. The van der Waals surface area contributed by atoms with Gasteiger partial charge in [-0.15, -0.1) is 0 Å². The quantitative estimate of drug-likeness (QED) is 0.738. The Hall–Kier alpha value is -1.54. The highest BCUT2D eigenvalue weighted by atomic mass is 35.5. The van der Waals surface area contributed by atoms with E-state index in [1.165, 1.54) is 5.56 Å². The summed E-state index contributed by atoms with van der Waals surface area (Å²) in [7, 11) is 1.58. The van der Waals surface area contributed by atoms with Gasteiger partial charge in [0.2, 0.25) is 5.88 Å². The number of benzene rings is 1. The molecule has 0 N–H and O–H groups in total. The third-order valence-electron chi connectivity index (χ3n) is 2.33. The van der Waals surface area contributed by atoms with Crippen molar-refractivity contribution >= 4 is 11.6 Å². The molecular weight excluding hydrogens is 222 g/mol. The van der Waals surface area contributed by atoms with Gasteiger partial charge in [0.15, 0.2) is 0 Å². The first-order valence-corrected chi connectivity index (χ1v) is 5.35. The van der Waals surface area contributed by atoms with Crippen molar-refractivity contribution in [2.24, 2.45) is 0 Å². The standard InChI is InChI=1S/C13H12ClNO/c1-9-4-3-5-10(6-9)11-7-12(14)15-13(8-11)16-2/h3-8H,1-2H3. The normalized spacial score (nSPS) is 10.2. The van der Waals surface area contributed by atoms with Crippen LogP contribution in [-0.4, -0.2) is 12.1 Å². The van der Waals surface area contributed by atoms with E-state index in [1.807, 2.05) is 24.3 Å². The predicted octanol–water partition coefficient (Wildman–Crippen LogP) is 3.72. The lowest BCUT2D eigenvalue weighted by atomic mass is 10.1. The van der Waals surface area contributed by atoms with Gasteiger partial charge in [0.05, 0.1) is 7.11 Å². The molecule has 0 saturated carbocycles. The van der Waals surface area contributed by atoms with E-state index in [9.17, 15) is 0 Å². The molecule has 0 aliphatic rings. The van der Waals surface area contributed by atoms with Crippen molar-refractivity contribution in [3.63, 3.8) is 0 Å². The maximum atomic E-state index is 5.93. The van der Waals surface area contributed by atoms with Crippen LogP contribution in [0.3, 0.4) is 0 Å². The first kappa shape index (κ1) is 11.0. The fourth-order valence-electron chi connectivity index (χ4n) is 1.57. The minimum atomic E-state index is 0.441. The van der Waals surface area contributed by atoms with E-state index in [2.05, 4.69) is 24.0 Å². The van der Waals surface area contributed by atoms with E-state index < -0.39 is 0 Å². The van der Waals surface area contributed by atoms with Crippen molar-refractivity contribution in [1.29, 1.82) is 0 Å². The molecule has 1 aromatic carbocycles. The van der Waals surface area contributed by atoms with Gasteiger partial charge < -0.3 is 4.74 Å². The van der Waals surface area contributed by atoms with Crippen molar-refractivity contribution in [3.8, 4) is 17.0 Å². The number of ether oxygens (including phenoxy) is 1. The zero-order valence-corrected chi connectivity index (χ0v) is 9.95. The zero-order valence-electron chi connectivity index (χ0n) is 9.20. The van der Waals surface area contributed by atoms with Crippen LogP contribution in [0.2, 0.25) is 5.15 Å². The summed E-state index contributed by atoms with van der Waals surface area (Å²) in [5.41, 5.74) is 3.34. The van der Waals surface area contributed by atoms with Gasteiger partial charge in [-0.25, -0.2) is 4.98 Å². The minimum absolute atomic E-state index is 0.441. The van der Waals surface area contributed by atoms with Crippen LogP contribution in [0, 0.1) is 6.92 Å². The molecule has 0 bridgehead atoms. The molecule has 0 unspecified atom stereocenters. The van der Waals surface area contributed by atoms with Gasteiger partial charge in [0.25, 0.3) is 0 Å². The third kappa shape index (κ3) is 2.34. The lowest BCUT2D eigenvalue weighted by Crippen LogP contribution is -1.89. The number of nitrogens with zero attached hydrogens (tertiary/aromatic N) is 1. The lowest BCUT2D eigenvalue weighted by molar-refractivity contribution is 0.398. The van der Waals surface area contributed by atoms with Crippen LogP contribution in [0.1, 0.15) is 5.56 Å². The van der Waals surface area contributed by atoms with Gasteiger partial charge in [-0.1, -0.05) is 41.4 Å². The van der Waals surface area contributed by atoms with Crippen molar-refractivity contribution in [3.05, 3.63) is 47.1 Å². The van der Waals surface area contributed by atoms with E-state index in [1.54, 1.807) is 7.11 Å². The van der Waals surface area contributed by atoms with E-state index in [0.29, 0.717) is 11.0 Å². The molecule has 0 saturated heterocycles. The van der Waals surface area contributed by atoms with Crippen LogP contribution < -0.4 is 4.74 Å². The first-order chi connectivity index (χ1) is 7.69. The summed E-state index contributed by atoms with van der Waals surface area (Å²) >= 11 is 5.93. The van der Waals surface area contributed by atoms with E-state index in [0.717, 1.165) is 11.1 Å². The van der Waals surface area contributed by atoms with Crippen LogP contribution in [-0.2, 0) is 0 Å². The van der Waals surface area contributed by atoms with Gasteiger partial charge in [0, 0.05) is 6.07 Å². The third-order valence-corrected chi connectivity index (χ3v) is 2.52. The largest absolute Gasteiger partial charge is 0.481 e. The number of methoxy groups -OCH3 is 1. The van der Waals surface area contributed by atoms with Crippen LogP contribution in [0.4, 0.5) is 0 Å². The Bertz CT molecular complexity index is 511. The van der Waals surface area contributed by atoms with Gasteiger partial charge in [-0.05, 0) is 24.1 Å². The lowest BCUT2D eigenvalue weighted by Gasteiger charge is -2.06. The van der Waals surface area contributed by atoms with Gasteiger partial charge in [0.1, 0.15) is 5.15 Å². The minimum Gasteiger partial charge on any atom is -0.481 e. The molecule has 2 nitrogen and oxygen atoms in total. The number of aryl methyl sites for hydroxylation is 1. The molecule has 0 spiro atoms. The second-order valence-electron chi connectivity index (χ2n) is 3.59. The molecule has 2 aromatic rings. The van der Waals surface area contributed by atoms with Gasteiger partial charge in [-0.2, -0.15) is 0 Å². The zero-order chi connectivity index (χ0) is 11.5. The summed E-state index contributed by atoms with van der Waals surface area (Å²) in [5.74, 6) is 0.531. The van der Waals surface area contributed by atoms with Crippen molar-refractivity contribution in [2.75, 3.05) is 7.11 Å². The summed E-state index contributed by atoms with van der Waals surface area (Å²) < 4.78 is 5.09. The highest BCUT2D eigenvalue weighted by Crippen LogP contribution is 2.26. The Morgan fingerprint density at radius 3 is 2.62 bits per heavy atom. The summed E-state index contributed by atoms with van der Waals surface area (Å²) in [6.07, 6.45) is 0.